The zero-order valence-electron chi connectivity index (χ0n) is 7.79. The highest BCUT2D eigenvalue weighted by molar-refractivity contribution is 4.90. The van der Waals surface area contributed by atoms with Gasteiger partial charge in [-0.25, -0.2) is 0 Å². The maximum absolute atomic E-state index is 8.79. The molecule has 12 heavy (non-hydrogen) atoms. The van der Waals surface area contributed by atoms with Crippen LogP contribution < -0.4 is 5.32 Å². The Balaban J connectivity index is 2.10. The third kappa shape index (κ3) is 3.37. The molecule has 1 unspecified atom stereocenters. The first-order chi connectivity index (χ1) is 5.83. The lowest BCUT2D eigenvalue weighted by atomic mass is 9.94. The lowest BCUT2D eigenvalue weighted by Gasteiger charge is -2.20. The molecule has 0 aromatic heterocycles. The van der Waals surface area contributed by atoms with Crippen molar-refractivity contribution in [3.05, 3.63) is 12.2 Å². The molecular weight excluding hydrogens is 150 g/mol. The Kier molecular flexibility index (Phi) is 4.33. The monoisotopic (exact) mass is 169 g/mol. The molecule has 0 fully saturated rings. The van der Waals surface area contributed by atoms with Gasteiger partial charge in [-0.1, -0.05) is 12.2 Å². The summed E-state index contributed by atoms with van der Waals surface area (Å²) in [5.74, 6) is 0.781. The van der Waals surface area contributed by atoms with Crippen LogP contribution in [0.5, 0.6) is 0 Å². The van der Waals surface area contributed by atoms with Crippen molar-refractivity contribution < 1.29 is 5.11 Å². The van der Waals surface area contributed by atoms with Crippen molar-refractivity contribution in [2.24, 2.45) is 5.92 Å². The Morgan fingerprint density at radius 1 is 1.58 bits per heavy atom. The Labute approximate surface area is 74.7 Å². The van der Waals surface area contributed by atoms with Crippen LogP contribution in [-0.4, -0.2) is 24.3 Å². The van der Waals surface area contributed by atoms with E-state index in [2.05, 4.69) is 17.5 Å². The number of hydrogen-bond acceptors (Lipinski definition) is 2. The third-order valence-corrected chi connectivity index (χ3v) is 2.41. The second-order valence-electron chi connectivity index (χ2n) is 3.64. The smallest absolute Gasteiger partial charge is 0.0581 e. The lowest BCUT2D eigenvalue weighted by Crippen LogP contribution is -2.33. The number of aliphatic hydroxyl groups excluding tert-OH is 1. The van der Waals surface area contributed by atoms with Crippen LogP contribution >= 0.6 is 0 Å². The van der Waals surface area contributed by atoms with Gasteiger partial charge in [-0.05, 0) is 38.6 Å². The van der Waals surface area contributed by atoms with Crippen LogP contribution in [-0.2, 0) is 0 Å². The Bertz CT molecular complexity index is 145. The van der Waals surface area contributed by atoms with Gasteiger partial charge in [0.2, 0.25) is 0 Å². The average molecular weight is 169 g/mol. The molecule has 0 spiro atoms. The zero-order valence-corrected chi connectivity index (χ0v) is 7.79. The summed E-state index contributed by atoms with van der Waals surface area (Å²) < 4.78 is 0. The summed E-state index contributed by atoms with van der Waals surface area (Å²) in [6.07, 6.45) is 8.23. The van der Waals surface area contributed by atoms with E-state index in [-0.39, 0.29) is 12.6 Å². The fraction of sp³-hybridized carbons (Fsp3) is 0.800. The van der Waals surface area contributed by atoms with Gasteiger partial charge in [0.15, 0.2) is 0 Å². The first-order valence-corrected chi connectivity index (χ1v) is 4.82. The quantitative estimate of drug-likeness (QED) is 0.622. The summed E-state index contributed by atoms with van der Waals surface area (Å²) in [7, 11) is 0. The number of rotatable bonds is 4. The van der Waals surface area contributed by atoms with Crippen molar-refractivity contribution >= 4 is 0 Å². The molecule has 0 bridgehead atoms. The van der Waals surface area contributed by atoms with Gasteiger partial charge < -0.3 is 10.4 Å². The summed E-state index contributed by atoms with van der Waals surface area (Å²) in [6, 6.07) is 0.246. The molecule has 70 valence electrons. The summed E-state index contributed by atoms with van der Waals surface area (Å²) in [5, 5.41) is 12.1. The number of hydrogen-bond donors (Lipinski definition) is 2. The topological polar surface area (TPSA) is 32.3 Å². The van der Waals surface area contributed by atoms with E-state index in [0.29, 0.717) is 0 Å². The van der Waals surface area contributed by atoms with Gasteiger partial charge in [0, 0.05) is 6.04 Å². The normalized spacial score (nSPS) is 25.7. The van der Waals surface area contributed by atoms with E-state index in [0.717, 1.165) is 12.5 Å². The Hall–Kier alpha value is -0.340. The van der Waals surface area contributed by atoms with Gasteiger partial charge in [-0.3, -0.25) is 0 Å². The number of aliphatic hydroxyl groups is 1. The Morgan fingerprint density at radius 3 is 3.00 bits per heavy atom. The molecule has 1 rings (SSSR count). The minimum absolute atomic E-state index is 0.239. The maximum Gasteiger partial charge on any atom is 0.0581 e. The van der Waals surface area contributed by atoms with E-state index in [9.17, 15) is 0 Å². The van der Waals surface area contributed by atoms with Crippen molar-refractivity contribution in [2.45, 2.75) is 32.2 Å². The molecule has 0 heterocycles. The molecule has 0 saturated heterocycles. The highest BCUT2D eigenvalue weighted by atomic mass is 16.3. The molecule has 2 heteroatoms. The Morgan fingerprint density at radius 2 is 2.42 bits per heavy atom. The van der Waals surface area contributed by atoms with Crippen LogP contribution in [0.15, 0.2) is 12.2 Å². The molecule has 1 aliphatic carbocycles. The molecule has 0 amide bonds. The summed E-state index contributed by atoms with van der Waals surface area (Å²) in [5.41, 5.74) is 0. The van der Waals surface area contributed by atoms with Crippen LogP contribution in [0.3, 0.4) is 0 Å². The van der Waals surface area contributed by atoms with E-state index in [1.807, 2.05) is 6.92 Å². The number of nitrogens with one attached hydrogen (secondary N) is 1. The summed E-state index contributed by atoms with van der Waals surface area (Å²) >= 11 is 0. The molecule has 0 aliphatic heterocycles. The van der Waals surface area contributed by atoms with Crippen LogP contribution in [0.1, 0.15) is 26.2 Å². The van der Waals surface area contributed by atoms with Crippen molar-refractivity contribution in [1.82, 2.24) is 5.32 Å². The molecule has 1 aliphatic rings. The maximum atomic E-state index is 8.79. The van der Waals surface area contributed by atoms with Crippen molar-refractivity contribution in [3.63, 3.8) is 0 Å². The van der Waals surface area contributed by atoms with E-state index >= 15 is 0 Å². The van der Waals surface area contributed by atoms with Gasteiger partial charge in [-0.2, -0.15) is 0 Å². The molecule has 2 atom stereocenters. The van der Waals surface area contributed by atoms with Crippen LogP contribution in [0.4, 0.5) is 0 Å². The van der Waals surface area contributed by atoms with Gasteiger partial charge in [0.1, 0.15) is 0 Å². The highest BCUT2D eigenvalue weighted by Gasteiger charge is 2.10. The van der Waals surface area contributed by atoms with Gasteiger partial charge >= 0.3 is 0 Å². The molecule has 0 aromatic rings. The van der Waals surface area contributed by atoms with E-state index in [4.69, 9.17) is 5.11 Å². The fourth-order valence-electron chi connectivity index (χ4n) is 1.47. The largest absolute Gasteiger partial charge is 0.395 e. The van der Waals surface area contributed by atoms with E-state index in [1.54, 1.807) is 0 Å². The van der Waals surface area contributed by atoms with Gasteiger partial charge in [0.25, 0.3) is 0 Å². The second kappa shape index (κ2) is 5.33. The van der Waals surface area contributed by atoms with E-state index in [1.165, 1.54) is 19.3 Å². The van der Waals surface area contributed by atoms with Gasteiger partial charge in [-0.15, -0.1) is 0 Å². The van der Waals surface area contributed by atoms with Crippen LogP contribution in [0.2, 0.25) is 0 Å². The molecule has 0 radical (unpaired) electrons. The third-order valence-electron chi connectivity index (χ3n) is 2.41. The average Bonchev–Trinajstić information content (AvgIpc) is 2.16. The summed E-state index contributed by atoms with van der Waals surface area (Å²) in [4.78, 5) is 0. The SMILES string of the molecule is C[C@H](CO)NCC1CC=CCC1. The molecule has 0 saturated carbocycles. The summed E-state index contributed by atoms with van der Waals surface area (Å²) in [6.45, 7) is 3.30. The zero-order chi connectivity index (χ0) is 8.81. The first kappa shape index (κ1) is 9.75. The minimum atomic E-state index is 0.239. The predicted molar refractivity (Wildman–Crippen MR) is 51.0 cm³/mol. The minimum Gasteiger partial charge on any atom is -0.395 e. The number of allylic oxidation sites excluding steroid dienone is 2. The fourth-order valence-corrected chi connectivity index (χ4v) is 1.47. The molecular formula is C10H19NO. The second-order valence-corrected chi connectivity index (χ2v) is 3.64. The lowest BCUT2D eigenvalue weighted by molar-refractivity contribution is 0.244. The first-order valence-electron chi connectivity index (χ1n) is 4.82. The molecule has 2 N–H and O–H groups in total. The highest BCUT2D eigenvalue weighted by Crippen LogP contribution is 2.16. The predicted octanol–water partition coefficient (Wildman–Crippen LogP) is 1.31. The van der Waals surface area contributed by atoms with Crippen LogP contribution in [0, 0.1) is 5.92 Å². The molecule has 0 aromatic carbocycles. The van der Waals surface area contributed by atoms with Crippen molar-refractivity contribution in [1.29, 1.82) is 0 Å². The van der Waals surface area contributed by atoms with Crippen molar-refractivity contribution in [2.75, 3.05) is 13.2 Å². The molecule has 2 nitrogen and oxygen atoms in total. The van der Waals surface area contributed by atoms with Crippen molar-refractivity contribution in [3.8, 4) is 0 Å². The van der Waals surface area contributed by atoms with Gasteiger partial charge in [0.05, 0.1) is 6.61 Å². The van der Waals surface area contributed by atoms with Crippen LogP contribution in [0.25, 0.3) is 0 Å². The standard InChI is InChI=1S/C10H19NO/c1-9(8-12)11-7-10-5-3-2-4-6-10/h2-3,9-12H,4-8H2,1H3/t9-,10?/m1/s1. The van der Waals surface area contributed by atoms with E-state index < -0.39 is 0 Å².